The third-order valence-corrected chi connectivity index (χ3v) is 2.14. The Kier molecular flexibility index (Phi) is 4.11. The molecule has 0 bridgehead atoms. The maximum absolute atomic E-state index is 13.2. The van der Waals surface area contributed by atoms with Crippen LogP contribution in [0.2, 0.25) is 0 Å². The van der Waals surface area contributed by atoms with Crippen LogP contribution in [0.5, 0.6) is 0 Å². The van der Waals surface area contributed by atoms with Crippen molar-refractivity contribution < 1.29 is 4.39 Å². The van der Waals surface area contributed by atoms with Gasteiger partial charge in [-0.3, -0.25) is 0 Å². The lowest BCUT2D eigenvalue weighted by molar-refractivity contribution is 0.606. The van der Waals surface area contributed by atoms with E-state index in [1.807, 2.05) is 0 Å². The van der Waals surface area contributed by atoms with Gasteiger partial charge in [0.2, 0.25) is 0 Å². The van der Waals surface area contributed by atoms with E-state index in [9.17, 15) is 4.39 Å². The lowest BCUT2D eigenvalue weighted by atomic mass is 10.1. The summed E-state index contributed by atoms with van der Waals surface area (Å²) in [5, 5.41) is 11.7. The first-order valence-corrected chi connectivity index (χ1v) is 5.07. The van der Waals surface area contributed by atoms with Crippen molar-refractivity contribution in [3.63, 3.8) is 0 Å². The van der Waals surface area contributed by atoms with Gasteiger partial charge < -0.3 is 5.32 Å². The number of halogens is 1. The van der Waals surface area contributed by atoms with Crippen LogP contribution in [0.15, 0.2) is 18.2 Å². The smallest absolute Gasteiger partial charge is 0.143 e. The number of nitriles is 1. The molecule has 0 spiro atoms. The Morgan fingerprint density at radius 3 is 2.73 bits per heavy atom. The van der Waals surface area contributed by atoms with Gasteiger partial charge in [0, 0.05) is 12.2 Å². The molecule has 0 amide bonds. The Morgan fingerprint density at radius 1 is 1.47 bits per heavy atom. The molecule has 0 aliphatic heterocycles. The van der Waals surface area contributed by atoms with E-state index in [0.29, 0.717) is 5.92 Å². The molecule has 0 unspecified atom stereocenters. The second kappa shape index (κ2) is 5.35. The van der Waals surface area contributed by atoms with Gasteiger partial charge in [-0.25, -0.2) is 4.39 Å². The van der Waals surface area contributed by atoms with E-state index in [2.05, 4.69) is 19.2 Å². The van der Waals surface area contributed by atoms with Crippen LogP contribution in [0.3, 0.4) is 0 Å². The van der Waals surface area contributed by atoms with Gasteiger partial charge in [0.15, 0.2) is 0 Å². The molecule has 15 heavy (non-hydrogen) atoms. The van der Waals surface area contributed by atoms with Gasteiger partial charge in [0.1, 0.15) is 11.9 Å². The van der Waals surface area contributed by atoms with Crippen LogP contribution < -0.4 is 5.32 Å². The third-order valence-electron chi connectivity index (χ3n) is 2.14. The minimum Gasteiger partial charge on any atom is -0.385 e. The van der Waals surface area contributed by atoms with Crippen molar-refractivity contribution in [2.75, 3.05) is 11.9 Å². The largest absolute Gasteiger partial charge is 0.385 e. The average molecular weight is 206 g/mol. The lowest BCUT2D eigenvalue weighted by Gasteiger charge is -2.08. The van der Waals surface area contributed by atoms with E-state index in [1.54, 1.807) is 12.1 Å². The highest BCUT2D eigenvalue weighted by Crippen LogP contribution is 2.14. The average Bonchev–Trinajstić information content (AvgIpc) is 2.17. The van der Waals surface area contributed by atoms with E-state index >= 15 is 0 Å². The molecule has 1 N–H and O–H groups in total. The standard InChI is InChI=1S/C12H15FN2/c1-9(2)5-6-15-11-4-3-10(8-14)12(13)7-11/h3-4,7,9,15H,5-6H2,1-2H3. The number of anilines is 1. The maximum Gasteiger partial charge on any atom is 0.143 e. The van der Waals surface area contributed by atoms with E-state index in [4.69, 9.17) is 5.26 Å². The van der Waals surface area contributed by atoms with Gasteiger partial charge in [-0.05, 0) is 30.5 Å². The van der Waals surface area contributed by atoms with Gasteiger partial charge in [0.05, 0.1) is 5.56 Å². The normalized spacial score (nSPS) is 10.1. The molecule has 0 radical (unpaired) electrons. The number of rotatable bonds is 4. The summed E-state index contributed by atoms with van der Waals surface area (Å²) < 4.78 is 13.2. The molecular formula is C12H15FN2. The predicted molar refractivity (Wildman–Crippen MR) is 59.1 cm³/mol. The zero-order valence-corrected chi connectivity index (χ0v) is 9.05. The highest BCUT2D eigenvalue weighted by atomic mass is 19.1. The van der Waals surface area contributed by atoms with Crippen molar-refractivity contribution in [3.05, 3.63) is 29.6 Å². The summed E-state index contributed by atoms with van der Waals surface area (Å²) in [6, 6.07) is 6.37. The fourth-order valence-electron chi connectivity index (χ4n) is 1.22. The molecule has 0 atom stereocenters. The van der Waals surface area contributed by atoms with Gasteiger partial charge in [0.25, 0.3) is 0 Å². The van der Waals surface area contributed by atoms with Crippen molar-refractivity contribution >= 4 is 5.69 Å². The SMILES string of the molecule is CC(C)CCNc1ccc(C#N)c(F)c1. The van der Waals surface area contributed by atoms with Gasteiger partial charge >= 0.3 is 0 Å². The van der Waals surface area contributed by atoms with Crippen LogP contribution in [0.25, 0.3) is 0 Å². The molecule has 1 aromatic rings. The zero-order chi connectivity index (χ0) is 11.3. The molecular weight excluding hydrogens is 191 g/mol. The molecule has 0 fully saturated rings. The van der Waals surface area contributed by atoms with Crippen LogP contribution in [-0.2, 0) is 0 Å². The molecule has 0 aliphatic carbocycles. The Bertz CT molecular complexity index is 366. The summed E-state index contributed by atoms with van der Waals surface area (Å²) in [6.45, 7) is 5.10. The second-order valence-electron chi connectivity index (χ2n) is 3.92. The molecule has 3 heteroatoms. The molecule has 0 aliphatic rings. The van der Waals surface area contributed by atoms with Gasteiger partial charge in [-0.1, -0.05) is 13.8 Å². The summed E-state index contributed by atoms with van der Waals surface area (Å²) in [4.78, 5) is 0. The Hall–Kier alpha value is -1.56. The minimum absolute atomic E-state index is 0.0874. The van der Waals surface area contributed by atoms with E-state index in [0.717, 1.165) is 18.7 Å². The summed E-state index contributed by atoms with van der Waals surface area (Å²) >= 11 is 0. The maximum atomic E-state index is 13.2. The van der Waals surface area contributed by atoms with Crippen LogP contribution in [-0.4, -0.2) is 6.54 Å². The Balaban J connectivity index is 2.57. The quantitative estimate of drug-likeness (QED) is 0.821. The fourth-order valence-corrected chi connectivity index (χ4v) is 1.22. The van der Waals surface area contributed by atoms with Gasteiger partial charge in [-0.15, -0.1) is 0 Å². The fraction of sp³-hybridized carbons (Fsp3) is 0.417. The molecule has 80 valence electrons. The summed E-state index contributed by atoms with van der Waals surface area (Å²) in [6.07, 6.45) is 1.04. The molecule has 0 heterocycles. The van der Waals surface area contributed by atoms with Crippen LogP contribution in [0.4, 0.5) is 10.1 Å². The number of benzene rings is 1. The van der Waals surface area contributed by atoms with Gasteiger partial charge in [-0.2, -0.15) is 5.26 Å². The van der Waals surface area contributed by atoms with Crippen LogP contribution in [0, 0.1) is 23.1 Å². The lowest BCUT2D eigenvalue weighted by Crippen LogP contribution is -2.05. The molecule has 0 saturated carbocycles. The molecule has 0 saturated heterocycles. The van der Waals surface area contributed by atoms with Crippen molar-refractivity contribution in [1.82, 2.24) is 0 Å². The van der Waals surface area contributed by atoms with E-state index < -0.39 is 5.82 Å². The van der Waals surface area contributed by atoms with Crippen molar-refractivity contribution in [2.45, 2.75) is 20.3 Å². The highest BCUT2D eigenvalue weighted by Gasteiger charge is 2.02. The third kappa shape index (κ3) is 3.59. The number of hydrogen-bond acceptors (Lipinski definition) is 2. The van der Waals surface area contributed by atoms with Crippen molar-refractivity contribution in [3.8, 4) is 6.07 Å². The van der Waals surface area contributed by atoms with Crippen molar-refractivity contribution in [1.29, 1.82) is 5.26 Å². The summed E-state index contributed by atoms with van der Waals surface area (Å²) in [5.41, 5.74) is 0.816. The molecule has 0 aromatic heterocycles. The second-order valence-corrected chi connectivity index (χ2v) is 3.92. The van der Waals surface area contributed by atoms with E-state index in [1.165, 1.54) is 12.1 Å². The number of nitrogens with one attached hydrogen (secondary N) is 1. The van der Waals surface area contributed by atoms with Crippen LogP contribution >= 0.6 is 0 Å². The Morgan fingerprint density at radius 2 is 2.20 bits per heavy atom. The topological polar surface area (TPSA) is 35.8 Å². The highest BCUT2D eigenvalue weighted by molar-refractivity contribution is 5.47. The first kappa shape index (κ1) is 11.5. The molecule has 1 aromatic carbocycles. The van der Waals surface area contributed by atoms with E-state index in [-0.39, 0.29) is 5.56 Å². The molecule has 2 nitrogen and oxygen atoms in total. The number of nitrogens with zero attached hydrogens (tertiary/aromatic N) is 1. The first-order chi connectivity index (χ1) is 7.13. The first-order valence-electron chi connectivity index (χ1n) is 5.07. The Labute approximate surface area is 89.7 Å². The summed E-state index contributed by atoms with van der Waals surface area (Å²) in [5.74, 6) is 0.160. The van der Waals surface area contributed by atoms with Crippen LogP contribution in [0.1, 0.15) is 25.8 Å². The molecule has 1 rings (SSSR count). The summed E-state index contributed by atoms with van der Waals surface area (Å²) in [7, 11) is 0. The minimum atomic E-state index is -0.466. The predicted octanol–water partition coefficient (Wildman–Crippen LogP) is 3.16. The monoisotopic (exact) mass is 206 g/mol. The van der Waals surface area contributed by atoms with Crippen molar-refractivity contribution in [2.24, 2.45) is 5.92 Å². The number of hydrogen-bond donors (Lipinski definition) is 1. The zero-order valence-electron chi connectivity index (χ0n) is 9.05.